The van der Waals surface area contributed by atoms with Crippen LogP contribution in [0.1, 0.15) is 9.78 Å². The second-order valence-electron chi connectivity index (χ2n) is 0.921. The minimum absolute atomic E-state index is 0. The predicted molar refractivity (Wildman–Crippen MR) is 31.6 cm³/mol. The molecule has 0 radical (unpaired) electrons. The van der Waals surface area contributed by atoms with Gasteiger partial charge >= 0.3 is 23.1 Å². The second-order valence-corrected chi connectivity index (χ2v) is 0.921. The zero-order chi connectivity index (χ0) is 4.83. The Kier molecular flexibility index (Phi) is 14.9. The van der Waals surface area contributed by atoms with Crippen LogP contribution in [0.5, 0.6) is 0 Å². The fourth-order valence-corrected chi connectivity index (χ4v) is 0.209. The summed E-state index contributed by atoms with van der Waals surface area (Å²) in [5, 5.41) is 8.07. The van der Waals surface area contributed by atoms with E-state index < -0.39 is 0 Å². The summed E-state index contributed by atoms with van der Waals surface area (Å²) in [6, 6.07) is 0. The molecule has 0 saturated heterocycles. The molecule has 0 aliphatic heterocycles. The van der Waals surface area contributed by atoms with Crippen LogP contribution in [0.25, 0.3) is 0 Å². The fraction of sp³-hybridized carbons (Fsp3) is 1.00. The van der Waals surface area contributed by atoms with E-state index in [0.29, 0.717) is 13.2 Å². The maximum Gasteiger partial charge on any atom is 2.00 e. The summed E-state index contributed by atoms with van der Waals surface area (Å²) in [5.41, 5.74) is 0. The number of hydrogen-bond donors (Lipinski definition) is 1. The van der Waals surface area contributed by atoms with Crippen LogP contribution in [0.3, 0.4) is 0 Å². The molecule has 0 aromatic heterocycles. The molecule has 0 fully saturated rings. The summed E-state index contributed by atoms with van der Waals surface area (Å²) in [4.78, 5) is 0. The molecule has 0 heterocycles. The first kappa shape index (κ1) is 10.6. The first-order valence-corrected chi connectivity index (χ1v) is 2.10. The number of hydrogen-bond acceptors (Lipinski definition) is 2. The van der Waals surface area contributed by atoms with E-state index in [-0.39, 0.29) is 32.5 Å². The van der Waals surface area contributed by atoms with Gasteiger partial charge in [0.15, 0.2) is 0 Å². The molecule has 0 aromatic carbocycles. The molecule has 3 heteroatoms. The van der Waals surface area contributed by atoms with E-state index in [0.717, 1.165) is 0 Å². The van der Waals surface area contributed by atoms with Gasteiger partial charge in [0.05, 0.1) is 13.2 Å². The zero-order valence-electron chi connectivity index (χ0n) is 6.68. The molecule has 0 unspecified atom stereocenters. The van der Waals surface area contributed by atoms with Crippen molar-refractivity contribution < 1.29 is 12.7 Å². The molecule has 0 rings (SSSR count). The van der Waals surface area contributed by atoms with Gasteiger partial charge in [0.25, 0.3) is 0 Å². The molecule has 0 amide bonds. The Hall–Kier alpha value is 0.686. The van der Waals surface area contributed by atoms with Crippen molar-refractivity contribution in [3.63, 3.8) is 0 Å². The van der Waals surface area contributed by atoms with E-state index in [1.165, 1.54) is 0 Å². The molecule has 0 aliphatic rings. The summed E-state index contributed by atoms with van der Waals surface area (Å²) in [6.45, 7) is 3.20. The van der Waals surface area contributed by atoms with Gasteiger partial charge in [0, 0.05) is 6.61 Å². The van der Waals surface area contributed by atoms with Crippen LogP contribution in [-0.2, 0) is 4.74 Å². The van der Waals surface area contributed by atoms with Gasteiger partial charge in [-0.15, -0.1) is 0 Å². The first-order chi connectivity index (χ1) is 2.91. The van der Waals surface area contributed by atoms with Crippen molar-refractivity contribution in [3.05, 3.63) is 0 Å². The van der Waals surface area contributed by atoms with Crippen molar-refractivity contribution in [2.24, 2.45) is 0 Å². The summed E-state index contributed by atoms with van der Waals surface area (Å²) in [5.74, 6) is 0. The maximum absolute atomic E-state index is 8.07. The Morgan fingerprint density at radius 3 is 2.43 bits per heavy atom. The molecule has 0 spiro atoms. The predicted octanol–water partition coefficient (Wildman–Crippen LogP) is -0.141. The maximum atomic E-state index is 8.07. The Bertz CT molecular complexity index is 28.5. The number of aliphatic hydroxyl groups excluding tert-OH is 1. The molecule has 0 aromatic rings. The smallest absolute Gasteiger partial charge is 1.00 e. The van der Waals surface area contributed by atoms with Gasteiger partial charge in [0.2, 0.25) is 0 Å². The van der Waals surface area contributed by atoms with E-state index in [4.69, 9.17) is 9.84 Å². The fourth-order valence-electron chi connectivity index (χ4n) is 0.209. The first-order valence-electron chi connectivity index (χ1n) is 2.10. The molecule has 2 nitrogen and oxygen atoms in total. The van der Waals surface area contributed by atoms with Crippen molar-refractivity contribution >= 4 is 23.1 Å². The van der Waals surface area contributed by atoms with E-state index in [1.54, 1.807) is 0 Å². The molecule has 7 heavy (non-hydrogen) atoms. The van der Waals surface area contributed by atoms with Crippen LogP contribution in [-0.4, -0.2) is 48.0 Å². The Morgan fingerprint density at radius 2 is 2.29 bits per heavy atom. The second kappa shape index (κ2) is 9.84. The van der Waals surface area contributed by atoms with Gasteiger partial charge in [-0.2, -0.15) is 0 Å². The van der Waals surface area contributed by atoms with Crippen molar-refractivity contribution in [3.8, 4) is 0 Å². The third kappa shape index (κ3) is 10.8. The summed E-state index contributed by atoms with van der Waals surface area (Å²) in [7, 11) is 0. The molecule has 42 valence electrons. The molecular weight excluding hydrogens is 104 g/mol. The quantitative estimate of drug-likeness (QED) is 0.411. The molecule has 1 N–H and O–H groups in total. The van der Waals surface area contributed by atoms with Crippen molar-refractivity contribution in [2.45, 2.75) is 6.92 Å². The normalized spacial score (nSPS) is 7.71. The van der Waals surface area contributed by atoms with Gasteiger partial charge in [-0.25, -0.2) is 0 Å². The average Bonchev–Trinajstić information content (AvgIpc) is 1.61. The van der Waals surface area contributed by atoms with Crippen LogP contribution in [0.15, 0.2) is 0 Å². The number of ether oxygens (including phenoxy) is 1. The van der Waals surface area contributed by atoms with Crippen LogP contribution in [0.2, 0.25) is 0 Å². The SMILES string of the molecule is CCOCCO.[H-].[H-].[Mg+2]. The van der Waals surface area contributed by atoms with Gasteiger partial charge < -0.3 is 12.7 Å². The van der Waals surface area contributed by atoms with Crippen molar-refractivity contribution in [1.29, 1.82) is 0 Å². The Morgan fingerprint density at radius 1 is 1.71 bits per heavy atom. The van der Waals surface area contributed by atoms with Crippen LogP contribution in [0.4, 0.5) is 0 Å². The molecule has 0 aliphatic carbocycles. The molecule has 0 saturated carbocycles. The largest absolute Gasteiger partial charge is 2.00 e. The van der Waals surface area contributed by atoms with Gasteiger partial charge in [0.1, 0.15) is 0 Å². The topological polar surface area (TPSA) is 29.5 Å². The van der Waals surface area contributed by atoms with E-state index in [2.05, 4.69) is 0 Å². The van der Waals surface area contributed by atoms with Crippen molar-refractivity contribution in [1.82, 2.24) is 0 Å². The molecule has 0 bridgehead atoms. The zero-order valence-corrected chi connectivity index (χ0v) is 6.10. The summed E-state index contributed by atoms with van der Waals surface area (Å²) >= 11 is 0. The molecule has 0 atom stereocenters. The standard InChI is InChI=1S/C4H10O2.Mg.2H/c1-2-6-4-3-5;;;/h5H,2-4H2,1H3;;;/q;+2;2*-1. The van der Waals surface area contributed by atoms with E-state index >= 15 is 0 Å². The molecular formula is C4H12MgO2. The van der Waals surface area contributed by atoms with Gasteiger partial charge in [-0.05, 0) is 6.92 Å². The average molecular weight is 116 g/mol. The van der Waals surface area contributed by atoms with Gasteiger partial charge in [-0.1, -0.05) is 0 Å². The van der Waals surface area contributed by atoms with E-state index in [9.17, 15) is 0 Å². The van der Waals surface area contributed by atoms with Gasteiger partial charge in [-0.3, -0.25) is 0 Å². The summed E-state index contributed by atoms with van der Waals surface area (Å²) in [6.07, 6.45) is 0. The monoisotopic (exact) mass is 116 g/mol. The van der Waals surface area contributed by atoms with Crippen LogP contribution < -0.4 is 0 Å². The van der Waals surface area contributed by atoms with E-state index in [1.807, 2.05) is 6.92 Å². The third-order valence-electron chi connectivity index (χ3n) is 0.440. The van der Waals surface area contributed by atoms with Crippen LogP contribution in [0, 0.1) is 0 Å². The minimum Gasteiger partial charge on any atom is -1.00 e. The Labute approximate surface area is 63.0 Å². The third-order valence-corrected chi connectivity index (χ3v) is 0.440. The Balaban J connectivity index is -0.0000000417. The number of aliphatic hydroxyl groups is 1. The number of rotatable bonds is 3. The van der Waals surface area contributed by atoms with Crippen molar-refractivity contribution in [2.75, 3.05) is 19.8 Å². The van der Waals surface area contributed by atoms with Crippen LogP contribution >= 0.6 is 0 Å². The summed E-state index contributed by atoms with van der Waals surface area (Å²) < 4.78 is 4.73. The minimum atomic E-state index is 0.